The predicted molar refractivity (Wildman–Crippen MR) is 99.7 cm³/mol. The molecule has 3 rings (SSSR count). The molecule has 1 aromatic carbocycles. The van der Waals surface area contributed by atoms with E-state index in [1.165, 1.54) is 32.2 Å². The van der Waals surface area contributed by atoms with Gasteiger partial charge in [-0.2, -0.15) is 0 Å². The summed E-state index contributed by atoms with van der Waals surface area (Å²) < 4.78 is 22.0. The van der Waals surface area contributed by atoms with Gasteiger partial charge in [-0.05, 0) is 49.9 Å². The highest BCUT2D eigenvalue weighted by Gasteiger charge is 2.29. The van der Waals surface area contributed by atoms with Gasteiger partial charge in [-0.1, -0.05) is 12.8 Å². The van der Waals surface area contributed by atoms with Crippen LogP contribution in [-0.2, 0) is 11.3 Å². The van der Waals surface area contributed by atoms with Crippen molar-refractivity contribution in [1.82, 2.24) is 9.80 Å². The van der Waals surface area contributed by atoms with Crippen LogP contribution in [-0.4, -0.2) is 56.7 Å². The third-order valence-corrected chi connectivity index (χ3v) is 5.71. The number of hydrogen-bond donors (Lipinski definition) is 2. The minimum Gasteiger partial charge on any atom is -0.333 e. The zero-order valence-electron chi connectivity index (χ0n) is 14.7. The van der Waals surface area contributed by atoms with Crippen molar-refractivity contribution in [1.29, 1.82) is 0 Å². The summed E-state index contributed by atoms with van der Waals surface area (Å²) in [6.45, 7) is 5.92. The van der Waals surface area contributed by atoms with Crippen molar-refractivity contribution in [3.8, 4) is 0 Å². The van der Waals surface area contributed by atoms with E-state index < -0.39 is 11.3 Å². The maximum atomic E-state index is 12.8. The van der Waals surface area contributed by atoms with Gasteiger partial charge in [-0.15, -0.1) is 0 Å². The Kier molecular flexibility index (Phi) is 6.09. The number of piperazine rings is 1. The van der Waals surface area contributed by atoms with Crippen LogP contribution >= 0.6 is 0 Å². The molecular formula is C18H27N3O3S. The molecule has 6 nitrogen and oxygen atoms in total. The number of carbonyl (C=O) groups excluding carboxylic acids is 1. The minimum atomic E-state index is -2.10. The third kappa shape index (κ3) is 4.80. The molecule has 0 spiro atoms. The topological polar surface area (TPSA) is 72.9 Å². The van der Waals surface area contributed by atoms with Gasteiger partial charge < -0.3 is 4.90 Å². The van der Waals surface area contributed by atoms with Gasteiger partial charge in [0, 0.05) is 43.5 Å². The molecule has 1 aromatic rings. The number of nitrogens with zero attached hydrogens (tertiary/aromatic N) is 2. The Morgan fingerprint density at radius 2 is 1.92 bits per heavy atom. The SMILES string of the molecule is C[C@H]1CN(CC2CCCC2)CCN1C(=O)c1ccc(NS(=O)O)cc1. The average Bonchev–Trinajstić information content (AvgIpc) is 3.07. The van der Waals surface area contributed by atoms with Crippen LogP contribution < -0.4 is 4.72 Å². The largest absolute Gasteiger partial charge is 0.333 e. The highest BCUT2D eigenvalue weighted by Crippen LogP contribution is 2.26. The first-order valence-electron chi connectivity index (χ1n) is 9.04. The number of rotatable bonds is 5. The molecule has 2 fully saturated rings. The molecule has 1 heterocycles. The number of carbonyl (C=O) groups is 1. The van der Waals surface area contributed by atoms with Crippen molar-refractivity contribution in [2.75, 3.05) is 30.9 Å². The van der Waals surface area contributed by atoms with E-state index in [0.29, 0.717) is 11.3 Å². The summed E-state index contributed by atoms with van der Waals surface area (Å²) in [7, 11) is 0. The fourth-order valence-corrected chi connectivity index (χ4v) is 4.34. The van der Waals surface area contributed by atoms with Gasteiger partial charge in [-0.3, -0.25) is 19.0 Å². The quantitative estimate of drug-likeness (QED) is 0.787. The van der Waals surface area contributed by atoms with E-state index in [1.54, 1.807) is 24.3 Å². The molecule has 2 atom stereocenters. The molecule has 25 heavy (non-hydrogen) atoms. The van der Waals surface area contributed by atoms with Gasteiger partial charge in [0.1, 0.15) is 0 Å². The van der Waals surface area contributed by atoms with Crippen molar-refractivity contribution in [3.05, 3.63) is 29.8 Å². The second kappa shape index (κ2) is 8.29. The first kappa shape index (κ1) is 18.4. The third-order valence-electron chi connectivity index (χ3n) is 5.30. The van der Waals surface area contributed by atoms with Crippen LogP contribution in [0.5, 0.6) is 0 Å². The summed E-state index contributed by atoms with van der Waals surface area (Å²) in [4.78, 5) is 17.2. The average molecular weight is 365 g/mol. The van der Waals surface area contributed by atoms with Gasteiger partial charge >= 0.3 is 0 Å². The maximum Gasteiger partial charge on any atom is 0.259 e. The van der Waals surface area contributed by atoms with Crippen molar-refractivity contribution in [3.63, 3.8) is 0 Å². The molecule has 1 aliphatic heterocycles. The van der Waals surface area contributed by atoms with Crippen LogP contribution in [0.25, 0.3) is 0 Å². The van der Waals surface area contributed by atoms with Gasteiger partial charge in [0.15, 0.2) is 0 Å². The highest BCUT2D eigenvalue weighted by molar-refractivity contribution is 7.80. The molecular weight excluding hydrogens is 338 g/mol. The summed E-state index contributed by atoms with van der Waals surface area (Å²) in [6.07, 6.45) is 5.44. The van der Waals surface area contributed by atoms with Crippen LogP contribution in [0.3, 0.4) is 0 Å². The second-order valence-corrected chi connectivity index (χ2v) is 7.89. The Bertz CT molecular complexity index is 616. The molecule has 2 N–H and O–H groups in total. The van der Waals surface area contributed by atoms with Gasteiger partial charge in [0.25, 0.3) is 17.2 Å². The summed E-state index contributed by atoms with van der Waals surface area (Å²) in [5.41, 5.74) is 1.14. The number of amides is 1. The lowest BCUT2D eigenvalue weighted by Crippen LogP contribution is -2.54. The van der Waals surface area contributed by atoms with Gasteiger partial charge in [0.05, 0.1) is 0 Å². The molecule has 0 radical (unpaired) electrons. The summed E-state index contributed by atoms with van der Waals surface area (Å²) >= 11 is -2.10. The second-order valence-electron chi connectivity index (χ2n) is 7.19. The van der Waals surface area contributed by atoms with Crippen LogP contribution in [0, 0.1) is 5.92 Å². The molecule has 2 aliphatic rings. The highest BCUT2D eigenvalue weighted by atomic mass is 32.2. The maximum absolute atomic E-state index is 12.8. The number of hydrogen-bond acceptors (Lipinski definition) is 3. The van der Waals surface area contributed by atoms with Crippen LogP contribution in [0.15, 0.2) is 24.3 Å². The Morgan fingerprint density at radius 1 is 1.24 bits per heavy atom. The Labute approximate surface area is 152 Å². The molecule has 1 saturated carbocycles. The van der Waals surface area contributed by atoms with E-state index >= 15 is 0 Å². The molecule has 0 aromatic heterocycles. The fraction of sp³-hybridized carbons (Fsp3) is 0.611. The fourth-order valence-electron chi connectivity index (χ4n) is 4.01. The molecule has 138 valence electrons. The summed E-state index contributed by atoms with van der Waals surface area (Å²) in [6, 6.07) is 6.92. The summed E-state index contributed by atoms with van der Waals surface area (Å²) in [5, 5.41) is 0. The van der Waals surface area contributed by atoms with Crippen molar-refractivity contribution in [2.24, 2.45) is 5.92 Å². The molecule has 1 unspecified atom stereocenters. The van der Waals surface area contributed by atoms with E-state index in [1.807, 2.05) is 4.90 Å². The zero-order valence-corrected chi connectivity index (χ0v) is 15.5. The number of benzene rings is 1. The van der Waals surface area contributed by atoms with Crippen LogP contribution in [0.2, 0.25) is 0 Å². The molecule has 7 heteroatoms. The van der Waals surface area contributed by atoms with Crippen molar-refractivity contribution >= 4 is 22.9 Å². The van der Waals surface area contributed by atoms with E-state index in [0.717, 1.165) is 25.6 Å². The number of anilines is 1. The lowest BCUT2D eigenvalue weighted by atomic mass is 10.1. The normalized spacial score (nSPS) is 23.6. The Morgan fingerprint density at radius 3 is 2.52 bits per heavy atom. The number of nitrogens with one attached hydrogen (secondary N) is 1. The van der Waals surface area contributed by atoms with E-state index in [2.05, 4.69) is 16.5 Å². The zero-order chi connectivity index (χ0) is 17.8. The van der Waals surface area contributed by atoms with Crippen molar-refractivity contribution < 1.29 is 13.6 Å². The standard InChI is InChI=1S/C18H27N3O3S/c1-14-12-20(13-15-4-2-3-5-15)10-11-21(14)18(22)16-6-8-17(9-7-16)19-25(23)24/h6-9,14-15,19H,2-5,10-13H2,1H3,(H,23,24)/t14-/m0/s1. The Hall–Kier alpha value is -1.44. The van der Waals surface area contributed by atoms with Crippen LogP contribution in [0.1, 0.15) is 43.0 Å². The first-order valence-corrected chi connectivity index (χ1v) is 10.1. The minimum absolute atomic E-state index is 0.0321. The van der Waals surface area contributed by atoms with Gasteiger partial charge in [-0.25, -0.2) is 4.21 Å². The van der Waals surface area contributed by atoms with E-state index in [4.69, 9.17) is 4.55 Å². The predicted octanol–water partition coefficient (Wildman–Crippen LogP) is 2.57. The van der Waals surface area contributed by atoms with Crippen LogP contribution in [0.4, 0.5) is 5.69 Å². The van der Waals surface area contributed by atoms with E-state index in [-0.39, 0.29) is 11.9 Å². The lowest BCUT2D eigenvalue weighted by Gasteiger charge is -2.40. The first-order chi connectivity index (χ1) is 12.0. The molecule has 1 aliphatic carbocycles. The lowest BCUT2D eigenvalue weighted by molar-refractivity contribution is 0.0461. The van der Waals surface area contributed by atoms with Crippen molar-refractivity contribution in [2.45, 2.75) is 38.6 Å². The Balaban J connectivity index is 1.56. The molecule has 0 bridgehead atoms. The summed E-state index contributed by atoms with van der Waals surface area (Å²) in [5.74, 6) is 0.872. The molecule has 1 amide bonds. The smallest absolute Gasteiger partial charge is 0.259 e. The van der Waals surface area contributed by atoms with Gasteiger partial charge in [0.2, 0.25) is 0 Å². The molecule has 1 saturated heterocycles. The monoisotopic (exact) mass is 365 g/mol. The van der Waals surface area contributed by atoms with E-state index in [9.17, 15) is 9.00 Å².